The molecule has 0 unspecified atom stereocenters. The maximum absolute atomic E-state index is 2.26. The van der Waals surface area contributed by atoms with E-state index >= 15 is 0 Å². The molecule has 0 bridgehead atoms. The first kappa shape index (κ1) is 7.92. The van der Waals surface area contributed by atoms with Gasteiger partial charge in [0, 0.05) is 0 Å². The molecule has 0 amide bonds. The van der Waals surface area contributed by atoms with Gasteiger partial charge in [-0.05, 0) is 0 Å². The molecule has 1 heteroatoms. The Morgan fingerprint density at radius 3 is 2.40 bits per heavy atom. The van der Waals surface area contributed by atoms with Crippen molar-refractivity contribution in [1.82, 2.24) is 0 Å². The quantitative estimate of drug-likeness (QED) is 0.504. The molecule has 0 aliphatic rings. The van der Waals surface area contributed by atoms with Gasteiger partial charge in [-0.2, -0.15) is 0 Å². The summed E-state index contributed by atoms with van der Waals surface area (Å²) in [7, 11) is 0. The molecule has 0 fully saturated rings. The van der Waals surface area contributed by atoms with E-state index in [0.29, 0.717) is 0 Å². The fourth-order valence-corrected chi connectivity index (χ4v) is 1.02. The van der Waals surface area contributed by atoms with Gasteiger partial charge in [0.2, 0.25) is 0 Å². The molecule has 1 rings (SSSR count). The molecule has 0 saturated heterocycles. The second-order valence-corrected chi connectivity index (χ2v) is 2.77. The van der Waals surface area contributed by atoms with Crippen molar-refractivity contribution in [3.63, 3.8) is 0 Å². The Kier molecular flexibility index (Phi) is 2.60. The molecule has 0 aromatic heterocycles. The zero-order chi connectivity index (χ0) is 7.56. The first-order valence-corrected chi connectivity index (χ1v) is 3.80. The van der Waals surface area contributed by atoms with Crippen LogP contribution in [0.25, 0.3) is 0 Å². The first-order valence-electron chi connectivity index (χ1n) is 3.80. The Hall–Kier alpha value is -0.183. The third kappa shape index (κ3) is 1.65. The van der Waals surface area contributed by atoms with Crippen molar-refractivity contribution in [3.05, 3.63) is 34.9 Å². The first-order chi connectivity index (χ1) is 4.74. The van der Waals surface area contributed by atoms with E-state index in [1.54, 1.807) is 0 Å². The van der Waals surface area contributed by atoms with Gasteiger partial charge in [0.25, 0.3) is 0 Å². The van der Waals surface area contributed by atoms with Crippen molar-refractivity contribution >= 4 is 17.7 Å². The second-order valence-electron chi connectivity index (χ2n) is 2.77. The predicted octanol–water partition coefficient (Wildman–Crippen LogP) is 1.97. The summed E-state index contributed by atoms with van der Waals surface area (Å²) in [5.41, 5.74) is 4.22. The van der Waals surface area contributed by atoms with Crippen molar-refractivity contribution in [2.24, 2.45) is 0 Å². The Balaban J connectivity index is 3.04. The van der Waals surface area contributed by atoms with Crippen LogP contribution in [0, 0.1) is 13.8 Å². The van der Waals surface area contributed by atoms with Crippen LogP contribution in [0.1, 0.15) is 16.7 Å². The summed E-state index contributed by atoms with van der Waals surface area (Å²) >= 11 is 2.18. The van der Waals surface area contributed by atoms with Crippen LogP contribution in [0.15, 0.2) is 18.2 Å². The minimum absolute atomic E-state index is 1.14. The number of benzene rings is 1. The van der Waals surface area contributed by atoms with Gasteiger partial charge in [-0.1, -0.05) is 0 Å². The van der Waals surface area contributed by atoms with Crippen molar-refractivity contribution in [3.8, 4) is 0 Å². The summed E-state index contributed by atoms with van der Waals surface area (Å²) in [5, 5.41) is 1.14. The number of aryl methyl sites for hydroxylation is 2. The summed E-state index contributed by atoms with van der Waals surface area (Å²) in [6.45, 7) is 4.31. The van der Waals surface area contributed by atoms with Gasteiger partial charge in [-0.25, -0.2) is 0 Å². The van der Waals surface area contributed by atoms with Gasteiger partial charge >= 0.3 is 71.5 Å². The molecule has 1 aromatic rings. The molecule has 48 valence electrons. The molecular weight excluding hydrogens is 115 g/mol. The van der Waals surface area contributed by atoms with E-state index in [4.69, 9.17) is 0 Å². The van der Waals surface area contributed by atoms with E-state index in [2.05, 4.69) is 49.8 Å². The van der Waals surface area contributed by atoms with Crippen LogP contribution in [0.2, 0.25) is 0 Å². The van der Waals surface area contributed by atoms with Gasteiger partial charge in [-0.15, -0.1) is 0 Å². The minimum atomic E-state index is 1.14. The Morgan fingerprint density at radius 1 is 1.20 bits per heavy atom. The van der Waals surface area contributed by atoms with E-state index in [-0.39, 0.29) is 0 Å². The summed E-state index contributed by atoms with van der Waals surface area (Å²) in [6.07, 6.45) is 0. The number of rotatable bonds is 1. The molecule has 0 radical (unpaired) electrons. The van der Waals surface area contributed by atoms with Crippen LogP contribution in [0.3, 0.4) is 0 Å². The van der Waals surface area contributed by atoms with Gasteiger partial charge in [-0.3, -0.25) is 0 Å². The summed E-state index contributed by atoms with van der Waals surface area (Å²) < 4.78 is 0. The zero-order valence-corrected chi connectivity index (χ0v) is 6.94. The van der Waals surface area contributed by atoms with Crippen LogP contribution < -0.4 is 0 Å². The van der Waals surface area contributed by atoms with Gasteiger partial charge in [0.05, 0.1) is 0 Å². The molecule has 0 heterocycles. The van der Waals surface area contributed by atoms with E-state index in [9.17, 15) is 0 Å². The molecule has 0 saturated carbocycles. The van der Waals surface area contributed by atoms with Crippen LogP contribution >= 0.6 is 0 Å². The summed E-state index contributed by atoms with van der Waals surface area (Å²) in [4.78, 5) is 0. The Bertz CT molecular complexity index is 228. The van der Waals surface area contributed by atoms with Gasteiger partial charge in [0.15, 0.2) is 0 Å². The molecule has 0 aliphatic carbocycles. The van der Waals surface area contributed by atoms with Crippen LogP contribution in [-0.4, -0.2) is 17.7 Å². The van der Waals surface area contributed by atoms with E-state index in [1.807, 2.05) is 0 Å². The van der Waals surface area contributed by atoms with Gasteiger partial charge < -0.3 is 0 Å². The van der Waals surface area contributed by atoms with Crippen molar-refractivity contribution in [1.29, 1.82) is 0 Å². The molecular formula is C9H11Li. The van der Waals surface area contributed by atoms with Gasteiger partial charge in [0.1, 0.15) is 0 Å². The Morgan fingerprint density at radius 2 is 1.90 bits per heavy atom. The third-order valence-corrected chi connectivity index (χ3v) is 1.98. The SMILES string of the molecule is [Li][CH2]c1ccc(C)c(C)c1. The van der Waals surface area contributed by atoms with Crippen molar-refractivity contribution < 1.29 is 0 Å². The monoisotopic (exact) mass is 126 g/mol. The van der Waals surface area contributed by atoms with Crippen molar-refractivity contribution in [2.45, 2.75) is 18.9 Å². The third-order valence-electron chi connectivity index (χ3n) is 1.98. The second kappa shape index (κ2) is 3.28. The standard InChI is InChI=1S/C9H11.Li/c1-7-4-5-8(2)9(3)6-7;/h4-6H,1H2,2-3H3;. The van der Waals surface area contributed by atoms with E-state index < -0.39 is 0 Å². The Labute approximate surface area is 71.8 Å². The number of hydrogen-bond acceptors (Lipinski definition) is 0. The molecule has 0 spiro atoms. The molecule has 0 aliphatic heterocycles. The fraction of sp³-hybridized carbons (Fsp3) is 0.333. The molecule has 0 nitrogen and oxygen atoms in total. The van der Waals surface area contributed by atoms with Crippen LogP contribution in [0.5, 0.6) is 0 Å². The summed E-state index contributed by atoms with van der Waals surface area (Å²) in [5.74, 6) is 0. The van der Waals surface area contributed by atoms with Crippen LogP contribution in [0.4, 0.5) is 0 Å². The zero-order valence-electron chi connectivity index (χ0n) is 6.94. The maximum atomic E-state index is 2.26. The average molecular weight is 126 g/mol. The molecule has 1 aromatic carbocycles. The normalized spacial score (nSPS) is 10.0. The fourth-order valence-electron chi connectivity index (χ4n) is 1.02. The van der Waals surface area contributed by atoms with E-state index in [1.165, 1.54) is 16.7 Å². The van der Waals surface area contributed by atoms with Crippen LogP contribution in [-0.2, 0) is 5.09 Å². The summed E-state index contributed by atoms with van der Waals surface area (Å²) in [6, 6.07) is 6.64. The predicted molar refractivity (Wildman–Crippen MR) is 45.4 cm³/mol. The molecule has 0 N–H and O–H groups in total. The number of hydrogen-bond donors (Lipinski definition) is 0. The topological polar surface area (TPSA) is 0 Å². The molecule has 10 heavy (non-hydrogen) atoms. The van der Waals surface area contributed by atoms with E-state index in [0.717, 1.165) is 5.09 Å². The van der Waals surface area contributed by atoms with Crippen molar-refractivity contribution in [2.75, 3.05) is 0 Å². The average Bonchev–Trinajstić information content (AvgIpc) is 1.95. The molecule has 0 atom stereocenters.